The quantitative estimate of drug-likeness (QED) is 0.506. The van der Waals surface area contributed by atoms with Crippen LogP contribution in [0.2, 0.25) is 0 Å². The number of hydrogen-bond acceptors (Lipinski definition) is 9. The predicted octanol–water partition coefficient (Wildman–Crippen LogP) is 4.52. The van der Waals surface area contributed by atoms with E-state index in [9.17, 15) is 4.79 Å². The van der Waals surface area contributed by atoms with Gasteiger partial charge in [-0.3, -0.25) is 4.79 Å². The van der Waals surface area contributed by atoms with Gasteiger partial charge >= 0.3 is 0 Å². The highest BCUT2D eigenvalue weighted by atomic mass is 32.2. The Morgan fingerprint density at radius 2 is 2.00 bits per heavy atom. The molecule has 0 aliphatic carbocycles. The Balaban J connectivity index is 1.75. The third-order valence-electron chi connectivity index (χ3n) is 4.74. The molecule has 0 aromatic carbocycles. The molecule has 2 N–H and O–H groups in total. The SMILES string of the molecule is COc1cc(Nc2cc(NC(C)=O)ncc2-c2ccc3c(n2)OCC(C)(C)O3)nc(SC)c1. The fourth-order valence-electron chi connectivity index (χ4n) is 3.25. The Kier molecular flexibility index (Phi) is 6.28. The third kappa shape index (κ3) is 5.28. The standard InChI is InChI=1S/C23H25N5O4S/c1-13(29)25-19-10-17(26-20-8-14(30-4)9-21(28-20)33-5)15(11-24-19)16-6-7-18-22(27-16)31-12-23(2,3)32-18/h6-11H,12H2,1-5H3,(H2,24,25,26,28,29). The maximum atomic E-state index is 11.6. The zero-order valence-electron chi connectivity index (χ0n) is 19.1. The Labute approximate surface area is 196 Å². The largest absolute Gasteiger partial charge is 0.497 e. The summed E-state index contributed by atoms with van der Waals surface area (Å²) in [5, 5.41) is 6.83. The van der Waals surface area contributed by atoms with Crippen molar-refractivity contribution in [2.24, 2.45) is 0 Å². The van der Waals surface area contributed by atoms with Gasteiger partial charge in [-0.15, -0.1) is 11.8 Å². The van der Waals surface area contributed by atoms with Crippen LogP contribution in [0.15, 0.2) is 41.6 Å². The minimum atomic E-state index is -0.419. The molecule has 0 unspecified atom stereocenters. The molecule has 0 radical (unpaired) electrons. The average molecular weight is 468 g/mol. The van der Waals surface area contributed by atoms with Gasteiger partial charge < -0.3 is 24.8 Å². The minimum absolute atomic E-state index is 0.217. The van der Waals surface area contributed by atoms with Crippen molar-refractivity contribution >= 4 is 35.0 Å². The minimum Gasteiger partial charge on any atom is -0.497 e. The third-order valence-corrected chi connectivity index (χ3v) is 5.36. The number of anilines is 3. The van der Waals surface area contributed by atoms with E-state index in [4.69, 9.17) is 14.2 Å². The van der Waals surface area contributed by atoms with Crippen LogP contribution in [0.4, 0.5) is 17.3 Å². The highest BCUT2D eigenvalue weighted by molar-refractivity contribution is 7.98. The first-order valence-corrected chi connectivity index (χ1v) is 11.5. The van der Waals surface area contributed by atoms with Crippen LogP contribution in [-0.4, -0.2) is 46.4 Å². The average Bonchev–Trinajstić information content (AvgIpc) is 2.78. The Morgan fingerprint density at radius 1 is 1.18 bits per heavy atom. The lowest BCUT2D eigenvalue weighted by Gasteiger charge is -2.31. The topological polar surface area (TPSA) is 107 Å². The lowest BCUT2D eigenvalue weighted by Crippen LogP contribution is -2.39. The van der Waals surface area contributed by atoms with E-state index in [1.54, 1.807) is 25.4 Å². The van der Waals surface area contributed by atoms with E-state index in [1.807, 2.05) is 38.3 Å². The molecule has 3 aromatic heterocycles. The first kappa shape index (κ1) is 22.7. The summed E-state index contributed by atoms with van der Waals surface area (Å²) in [5.41, 5.74) is 1.58. The Morgan fingerprint density at radius 3 is 2.73 bits per heavy atom. The van der Waals surface area contributed by atoms with Crippen LogP contribution in [0.5, 0.6) is 17.4 Å². The predicted molar refractivity (Wildman–Crippen MR) is 128 cm³/mol. The van der Waals surface area contributed by atoms with Crippen molar-refractivity contribution in [2.75, 3.05) is 30.6 Å². The zero-order chi connectivity index (χ0) is 23.6. The molecule has 0 saturated heterocycles. The molecule has 1 aliphatic heterocycles. The van der Waals surface area contributed by atoms with Gasteiger partial charge in [-0.1, -0.05) is 0 Å². The van der Waals surface area contributed by atoms with Crippen LogP contribution < -0.4 is 24.8 Å². The van der Waals surface area contributed by atoms with Crippen LogP contribution >= 0.6 is 11.8 Å². The second-order valence-corrected chi connectivity index (χ2v) is 8.83. The van der Waals surface area contributed by atoms with Crippen molar-refractivity contribution in [3.05, 3.63) is 36.5 Å². The van der Waals surface area contributed by atoms with Gasteiger partial charge in [0.2, 0.25) is 5.91 Å². The monoisotopic (exact) mass is 467 g/mol. The van der Waals surface area contributed by atoms with Gasteiger partial charge in [-0.25, -0.2) is 15.0 Å². The number of thioether (sulfide) groups is 1. The Bertz CT molecular complexity index is 1180. The number of aromatic nitrogens is 3. The smallest absolute Gasteiger partial charge is 0.257 e. The summed E-state index contributed by atoms with van der Waals surface area (Å²) in [6.07, 6.45) is 3.59. The van der Waals surface area contributed by atoms with Gasteiger partial charge in [-0.05, 0) is 32.2 Å². The van der Waals surface area contributed by atoms with Crippen LogP contribution in [0.1, 0.15) is 20.8 Å². The molecule has 33 heavy (non-hydrogen) atoms. The number of nitrogens with zero attached hydrogens (tertiary/aromatic N) is 3. The van der Waals surface area contributed by atoms with Crippen molar-refractivity contribution in [3.63, 3.8) is 0 Å². The molecule has 0 fully saturated rings. The summed E-state index contributed by atoms with van der Waals surface area (Å²) in [6.45, 7) is 5.74. The molecular weight excluding hydrogens is 442 g/mol. The zero-order valence-corrected chi connectivity index (χ0v) is 19.9. The number of rotatable bonds is 6. The molecule has 4 rings (SSSR count). The lowest BCUT2D eigenvalue weighted by atomic mass is 10.1. The van der Waals surface area contributed by atoms with E-state index < -0.39 is 5.60 Å². The maximum Gasteiger partial charge on any atom is 0.257 e. The summed E-state index contributed by atoms with van der Waals surface area (Å²) in [4.78, 5) is 25.2. The number of nitrogens with one attached hydrogen (secondary N) is 2. The normalized spacial score (nSPS) is 13.8. The van der Waals surface area contributed by atoms with E-state index in [1.165, 1.54) is 18.7 Å². The molecule has 1 aliphatic rings. The Hall–Kier alpha value is -3.53. The summed E-state index contributed by atoms with van der Waals surface area (Å²) in [5.74, 6) is 2.46. The second-order valence-electron chi connectivity index (χ2n) is 8.01. The molecule has 0 bridgehead atoms. The van der Waals surface area contributed by atoms with Crippen LogP contribution in [-0.2, 0) is 4.79 Å². The summed E-state index contributed by atoms with van der Waals surface area (Å²) < 4.78 is 17.2. The van der Waals surface area contributed by atoms with Crippen molar-refractivity contribution < 1.29 is 19.0 Å². The molecular formula is C23H25N5O4S. The van der Waals surface area contributed by atoms with Crippen molar-refractivity contribution in [1.82, 2.24) is 15.0 Å². The number of amides is 1. The fraction of sp³-hybridized carbons (Fsp3) is 0.304. The van der Waals surface area contributed by atoms with Crippen molar-refractivity contribution in [2.45, 2.75) is 31.4 Å². The maximum absolute atomic E-state index is 11.6. The number of fused-ring (bicyclic) bond motifs is 1. The number of hydrogen-bond donors (Lipinski definition) is 2. The molecule has 3 aromatic rings. The number of carbonyl (C=O) groups excluding carboxylic acids is 1. The molecule has 0 atom stereocenters. The van der Waals surface area contributed by atoms with Gasteiger partial charge in [0.25, 0.3) is 5.88 Å². The molecule has 4 heterocycles. The van der Waals surface area contributed by atoms with E-state index >= 15 is 0 Å². The molecule has 1 amide bonds. The van der Waals surface area contributed by atoms with Gasteiger partial charge in [0.1, 0.15) is 34.6 Å². The van der Waals surface area contributed by atoms with Crippen LogP contribution in [0, 0.1) is 0 Å². The molecule has 10 heteroatoms. The second kappa shape index (κ2) is 9.14. The summed E-state index contributed by atoms with van der Waals surface area (Å²) in [6, 6.07) is 9.06. The van der Waals surface area contributed by atoms with E-state index in [-0.39, 0.29) is 5.91 Å². The molecule has 0 spiro atoms. The molecule has 0 saturated carbocycles. The van der Waals surface area contributed by atoms with Gasteiger partial charge in [0.15, 0.2) is 5.75 Å². The first-order valence-electron chi connectivity index (χ1n) is 10.2. The highest BCUT2D eigenvalue weighted by Gasteiger charge is 2.29. The van der Waals surface area contributed by atoms with Crippen molar-refractivity contribution in [3.8, 4) is 28.6 Å². The number of pyridine rings is 3. The fourth-order valence-corrected chi connectivity index (χ4v) is 3.67. The first-order chi connectivity index (χ1) is 15.8. The van der Waals surface area contributed by atoms with E-state index in [0.29, 0.717) is 52.6 Å². The number of methoxy groups -OCH3 is 1. The van der Waals surface area contributed by atoms with Crippen LogP contribution in [0.3, 0.4) is 0 Å². The van der Waals surface area contributed by atoms with Gasteiger partial charge in [-0.2, -0.15) is 0 Å². The van der Waals surface area contributed by atoms with Crippen LogP contribution in [0.25, 0.3) is 11.3 Å². The summed E-state index contributed by atoms with van der Waals surface area (Å²) >= 11 is 1.51. The summed E-state index contributed by atoms with van der Waals surface area (Å²) in [7, 11) is 1.61. The molecule has 172 valence electrons. The lowest BCUT2D eigenvalue weighted by molar-refractivity contribution is -0.114. The number of ether oxygens (including phenoxy) is 3. The van der Waals surface area contributed by atoms with Gasteiger partial charge in [0.05, 0.1) is 18.5 Å². The molecule has 9 nitrogen and oxygen atoms in total. The van der Waals surface area contributed by atoms with E-state index in [2.05, 4.69) is 25.6 Å². The van der Waals surface area contributed by atoms with Gasteiger partial charge in [0, 0.05) is 36.9 Å². The highest BCUT2D eigenvalue weighted by Crippen LogP contribution is 2.38. The number of carbonyl (C=O) groups is 1. The van der Waals surface area contributed by atoms with E-state index in [0.717, 1.165) is 5.03 Å². The van der Waals surface area contributed by atoms with Crippen molar-refractivity contribution in [1.29, 1.82) is 0 Å².